The van der Waals surface area contributed by atoms with Crippen LogP contribution in [0.25, 0.3) is 0 Å². The van der Waals surface area contributed by atoms with Crippen LogP contribution in [0.3, 0.4) is 0 Å². The Hall–Kier alpha value is -1.82. The van der Waals surface area contributed by atoms with Gasteiger partial charge in [-0.15, -0.1) is 0 Å². The molecule has 0 radical (unpaired) electrons. The summed E-state index contributed by atoms with van der Waals surface area (Å²) in [6.07, 6.45) is 4.79. The zero-order valence-electron chi connectivity index (χ0n) is 12.3. The van der Waals surface area contributed by atoms with Crippen LogP contribution >= 0.6 is 11.6 Å². The van der Waals surface area contributed by atoms with Crippen molar-refractivity contribution < 1.29 is 4.79 Å². The van der Waals surface area contributed by atoms with Crippen LogP contribution in [-0.2, 0) is 17.9 Å². The summed E-state index contributed by atoms with van der Waals surface area (Å²) in [4.78, 5) is 11.7. The van der Waals surface area contributed by atoms with E-state index in [1.165, 1.54) is 0 Å². The maximum atomic E-state index is 11.7. The molecule has 0 saturated carbocycles. The quantitative estimate of drug-likeness (QED) is 0.795. The number of amides is 1. The fraction of sp³-hybridized carbons (Fsp3) is 0.500. The van der Waals surface area contributed by atoms with Crippen molar-refractivity contribution in [1.82, 2.24) is 24.9 Å². The maximum absolute atomic E-state index is 11.7. The van der Waals surface area contributed by atoms with Gasteiger partial charge in [0.15, 0.2) is 0 Å². The number of hydrogen-bond donors (Lipinski definition) is 1. The van der Waals surface area contributed by atoms with Crippen LogP contribution in [0.2, 0.25) is 5.02 Å². The zero-order chi connectivity index (χ0) is 15.2. The van der Waals surface area contributed by atoms with Gasteiger partial charge >= 0.3 is 0 Å². The second-order valence-electron chi connectivity index (χ2n) is 4.97. The van der Waals surface area contributed by atoms with E-state index < -0.39 is 0 Å². The van der Waals surface area contributed by atoms with Crippen LogP contribution in [0.5, 0.6) is 0 Å². The summed E-state index contributed by atoms with van der Waals surface area (Å²) in [6, 6.07) is 1.97. The van der Waals surface area contributed by atoms with Gasteiger partial charge < -0.3 is 5.32 Å². The number of nitrogens with one attached hydrogen (secondary N) is 1. The lowest BCUT2D eigenvalue weighted by Crippen LogP contribution is -2.26. The minimum atomic E-state index is 0.0245. The lowest BCUT2D eigenvalue weighted by Gasteiger charge is -2.07. The summed E-state index contributed by atoms with van der Waals surface area (Å²) in [7, 11) is 0. The minimum absolute atomic E-state index is 0.0245. The molecule has 2 rings (SSSR count). The summed E-state index contributed by atoms with van der Waals surface area (Å²) < 4.78 is 3.63. The highest BCUT2D eigenvalue weighted by Gasteiger charge is 2.05. The Labute approximate surface area is 129 Å². The Morgan fingerprint density at radius 3 is 2.81 bits per heavy atom. The minimum Gasteiger partial charge on any atom is -0.356 e. The molecule has 0 aliphatic carbocycles. The molecule has 114 valence electrons. The van der Waals surface area contributed by atoms with E-state index >= 15 is 0 Å². The van der Waals surface area contributed by atoms with Crippen LogP contribution in [0.1, 0.15) is 24.2 Å². The van der Waals surface area contributed by atoms with Gasteiger partial charge in [-0.25, -0.2) is 0 Å². The Bertz CT molecular complexity index is 585. The second-order valence-corrected chi connectivity index (χ2v) is 5.38. The Morgan fingerprint density at radius 1 is 1.38 bits per heavy atom. The molecular weight excluding hydrogens is 290 g/mol. The highest BCUT2D eigenvalue weighted by atomic mass is 35.5. The van der Waals surface area contributed by atoms with Gasteiger partial charge in [0.1, 0.15) is 0 Å². The molecule has 6 nitrogen and oxygen atoms in total. The van der Waals surface area contributed by atoms with Gasteiger partial charge in [0.05, 0.1) is 10.7 Å². The maximum Gasteiger partial charge on any atom is 0.221 e. The molecule has 7 heteroatoms. The number of halogens is 1. The van der Waals surface area contributed by atoms with E-state index in [1.54, 1.807) is 17.1 Å². The van der Waals surface area contributed by atoms with E-state index in [-0.39, 0.29) is 5.91 Å². The number of aromatic nitrogens is 4. The molecule has 0 bridgehead atoms. The van der Waals surface area contributed by atoms with E-state index in [0.717, 1.165) is 24.4 Å². The molecule has 0 saturated heterocycles. The third-order valence-corrected chi connectivity index (χ3v) is 3.62. The van der Waals surface area contributed by atoms with Gasteiger partial charge in [0, 0.05) is 44.1 Å². The summed E-state index contributed by atoms with van der Waals surface area (Å²) >= 11 is 5.92. The van der Waals surface area contributed by atoms with Crippen molar-refractivity contribution in [3.63, 3.8) is 0 Å². The fourth-order valence-corrected chi connectivity index (χ4v) is 2.15. The molecule has 2 aromatic heterocycles. The van der Waals surface area contributed by atoms with Crippen molar-refractivity contribution in [2.24, 2.45) is 0 Å². The predicted molar refractivity (Wildman–Crippen MR) is 81.2 cm³/mol. The van der Waals surface area contributed by atoms with Gasteiger partial charge in [0.25, 0.3) is 0 Å². The molecule has 0 aliphatic rings. The molecule has 0 aliphatic heterocycles. The first kappa shape index (κ1) is 15.6. The molecule has 0 spiro atoms. The molecule has 0 atom stereocenters. The lowest BCUT2D eigenvalue weighted by molar-refractivity contribution is -0.121. The molecule has 21 heavy (non-hydrogen) atoms. The van der Waals surface area contributed by atoms with Crippen molar-refractivity contribution in [2.45, 2.75) is 39.8 Å². The lowest BCUT2D eigenvalue weighted by atomic mass is 10.3. The molecule has 0 unspecified atom stereocenters. The highest BCUT2D eigenvalue weighted by Crippen LogP contribution is 2.11. The number of rotatable bonds is 7. The highest BCUT2D eigenvalue weighted by molar-refractivity contribution is 6.31. The number of hydrogen-bond acceptors (Lipinski definition) is 3. The van der Waals surface area contributed by atoms with E-state index in [2.05, 4.69) is 15.5 Å². The molecule has 2 aromatic rings. The van der Waals surface area contributed by atoms with E-state index in [4.69, 9.17) is 11.6 Å². The topological polar surface area (TPSA) is 64.7 Å². The summed E-state index contributed by atoms with van der Waals surface area (Å²) in [5, 5.41) is 11.9. The summed E-state index contributed by atoms with van der Waals surface area (Å²) in [5.41, 5.74) is 1.92. The predicted octanol–water partition coefficient (Wildman–Crippen LogP) is 1.95. The molecule has 2 heterocycles. The van der Waals surface area contributed by atoms with Gasteiger partial charge in [-0.1, -0.05) is 11.6 Å². The number of carbonyl (C=O) groups is 1. The summed E-state index contributed by atoms with van der Waals surface area (Å²) in [5.74, 6) is 0.0245. The van der Waals surface area contributed by atoms with E-state index in [1.807, 2.05) is 24.6 Å². The molecule has 0 fully saturated rings. The first-order valence-corrected chi connectivity index (χ1v) is 7.38. The van der Waals surface area contributed by atoms with Crippen LogP contribution in [0.15, 0.2) is 18.5 Å². The van der Waals surface area contributed by atoms with Crippen molar-refractivity contribution in [3.8, 4) is 0 Å². The first-order valence-electron chi connectivity index (χ1n) is 7.01. The molecule has 0 aromatic carbocycles. The average molecular weight is 310 g/mol. The van der Waals surface area contributed by atoms with Gasteiger partial charge in [-0.3, -0.25) is 14.2 Å². The van der Waals surface area contributed by atoms with Gasteiger partial charge in [-0.2, -0.15) is 10.2 Å². The number of carbonyl (C=O) groups excluding carboxylic acids is 1. The van der Waals surface area contributed by atoms with Crippen LogP contribution in [0.4, 0.5) is 0 Å². The fourth-order valence-electron chi connectivity index (χ4n) is 2.00. The first-order chi connectivity index (χ1) is 10.1. The summed E-state index contributed by atoms with van der Waals surface area (Å²) in [6.45, 7) is 5.86. The second kappa shape index (κ2) is 7.26. The van der Waals surface area contributed by atoms with Crippen molar-refractivity contribution in [3.05, 3.63) is 34.9 Å². The Morgan fingerprint density at radius 2 is 2.19 bits per heavy atom. The third-order valence-electron chi connectivity index (χ3n) is 3.25. The zero-order valence-corrected chi connectivity index (χ0v) is 13.1. The molecule has 1 amide bonds. The smallest absolute Gasteiger partial charge is 0.221 e. The Balaban J connectivity index is 1.62. The van der Waals surface area contributed by atoms with Gasteiger partial charge in [0.2, 0.25) is 5.91 Å². The molecular formula is C14H20ClN5O. The number of aryl methyl sites for hydroxylation is 4. The number of nitrogens with zero attached hydrogens (tertiary/aromatic N) is 4. The Kier molecular flexibility index (Phi) is 5.38. The van der Waals surface area contributed by atoms with E-state index in [0.29, 0.717) is 24.5 Å². The monoisotopic (exact) mass is 309 g/mol. The van der Waals surface area contributed by atoms with Gasteiger partial charge in [-0.05, 0) is 26.3 Å². The van der Waals surface area contributed by atoms with Crippen LogP contribution in [-0.4, -0.2) is 32.0 Å². The largest absolute Gasteiger partial charge is 0.356 e. The molecule has 1 N–H and O–H groups in total. The normalized spacial score (nSPS) is 10.8. The SMILES string of the molecule is Cc1nn(CCC(=O)NCCCn2nccc2C)cc1Cl. The third kappa shape index (κ3) is 4.60. The van der Waals surface area contributed by atoms with Crippen LogP contribution in [0, 0.1) is 13.8 Å². The van der Waals surface area contributed by atoms with E-state index in [9.17, 15) is 4.79 Å². The average Bonchev–Trinajstić information content (AvgIpc) is 2.99. The van der Waals surface area contributed by atoms with Crippen LogP contribution < -0.4 is 5.32 Å². The van der Waals surface area contributed by atoms with Crippen molar-refractivity contribution >= 4 is 17.5 Å². The van der Waals surface area contributed by atoms with Crippen molar-refractivity contribution in [2.75, 3.05) is 6.54 Å². The van der Waals surface area contributed by atoms with Crippen molar-refractivity contribution in [1.29, 1.82) is 0 Å². The standard InChI is InChI=1S/C14H20ClN5O/c1-11-4-7-17-20(11)8-3-6-16-14(21)5-9-19-10-13(15)12(2)18-19/h4,7,10H,3,5-6,8-9H2,1-2H3,(H,16,21).